The number of amides is 1. The van der Waals surface area contributed by atoms with Crippen molar-refractivity contribution in [3.05, 3.63) is 17.5 Å². The molecule has 0 saturated carbocycles. The van der Waals surface area contributed by atoms with Crippen LogP contribution in [0.4, 0.5) is 0 Å². The Morgan fingerprint density at radius 1 is 1.71 bits per heavy atom. The Morgan fingerprint density at radius 3 is 3.12 bits per heavy atom. The van der Waals surface area contributed by atoms with Crippen molar-refractivity contribution in [2.45, 2.75) is 26.3 Å². The van der Waals surface area contributed by atoms with Crippen LogP contribution in [0, 0.1) is 12.8 Å². The standard InChI is InChI=1S/C12H19N3O2/c1-9-5-11(14-17-9)8-15(2)12(16)6-10-3-4-13-7-10/h5,10,13H,3-4,6-8H2,1-2H3. The molecule has 1 N–H and O–H groups in total. The molecule has 0 spiro atoms. The highest BCUT2D eigenvalue weighted by Gasteiger charge is 2.20. The fraction of sp³-hybridized carbons (Fsp3) is 0.667. The predicted octanol–water partition coefficient (Wildman–Crippen LogP) is 0.941. The number of aryl methyl sites for hydroxylation is 1. The van der Waals surface area contributed by atoms with Gasteiger partial charge in [-0.2, -0.15) is 0 Å². The fourth-order valence-corrected chi connectivity index (χ4v) is 2.12. The van der Waals surface area contributed by atoms with Crippen molar-refractivity contribution in [2.75, 3.05) is 20.1 Å². The summed E-state index contributed by atoms with van der Waals surface area (Å²) < 4.78 is 4.98. The average Bonchev–Trinajstić information content (AvgIpc) is 2.90. The van der Waals surface area contributed by atoms with E-state index >= 15 is 0 Å². The number of nitrogens with zero attached hydrogens (tertiary/aromatic N) is 2. The van der Waals surface area contributed by atoms with Gasteiger partial charge in [0.05, 0.1) is 6.54 Å². The van der Waals surface area contributed by atoms with E-state index in [9.17, 15) is 4.79 Å². The van der Waals surface area contributed by atoms with Gasteiger partial charge in [-0.3, -0.25) is 4.79 Å². The number of hydrogen-bond acceptors (Lipinski definition) is 4. The number of hydrogen-bond donors (Lipinski definition) is 1. The van der Waals surface area contributed by atoms with Gasteiger partial charge in [0, 0.05) is 19.5 Å². The van der Waals surface area contributed by atoms with E-state index in [1.165, 1.54) is 0 Å². The van der Waals surface area contributed by atoms with Crippen LogP contribution >= 0.6 is 0 Å². The molecule has 1 unspecified atom stereocenters. The minimum Gasteiger partial charge on any atom is -0.361 e. The highest BCUT2D eigenvalue weighted by Crippen LogP contribution is 2.14. The Hall–Kier alpha value is -1.36. The smallest absolute Gasteiger partial charge is 0.222 e. The molecule has 2 heterocycles. The van der Waals surface area contributed by atoms with Crippen LogP contribution in [0.3, 0.4) is 0 Å². The maximum absolute atomic E-state index is 11.9. The molecule has 94 valence electrons. The van der Waals surface area contributed by atoms with E-state index in [2.05, 4.69) is 10.5 Å². The van der Waals surface area contributed by atoms with Gasteiger partial charge < -0.3 is 14.7 Å². The Kier molecular flexibility index (Phi) is 3.78. The van der Waals surface area contributed by atoms with Crippen LogP contribution in [-0.2, 0) is 11.3 Å². The van der Waals surface area contributed by atoms with E-state index in [0.29, 0.717) is 18.9 Å². The quantitative estimate of drug-likeness (QED) is 0.846. The third-order valence-corrected chi connectivity index (χ3v) is 3.13. The van der Waals surface area contributed by atoms with Gasteiger partial charge in [-0.05, 0) is 32.4 Å². The highest BCUT2D eigenvalue weighted by molar-refractivity contribution is 5.76. The first-order chi connectivity index (χ1) is 8.15. The normalized spacial score (nSPS) is 19.5. The minimum absolute atomic E-state index is 0.180. The molecule has 1 aromatic rings. The fourth-order valence-electron chi connectivity index (χ4n) is 2.12. The molecule has 1 atom stereocenters. The second-order valence-electron chi connectivity index (χ2n) is 4.74. The molecule has 5 heteroatoms. The van der Waals surface area contributed by atoms with Gasteiger partial charge in [0.1, 0.15) is 11.5 Å². The lowest BCUT2D eigenvalue weighted by Crippen LogP contribution is -2.28. The van der Waals surface area contributed by atoms with Gasteiger partial charge in [0.15, 0.2) is 0 Å². The van der Waals surface area contributed by atoms with E-state index in [0.717, 1.165) is 31.0 Å². The highest BCUT2D eigenvalue weighted by atomic mass is 16.5. The van der Waals surface area contributed by atoms with Crippen LogP contribution in [0.5, 0.6) is 0 Å². The second kappa shape index (κ2) is 5.31. The Labute approximate surface area is 101 Å². The zero-order valence-corrected chi connectivity index (χ0v) is 10.4. The Balaban J connectivity index is 1.82. The monoisotopic (exact) mass is 237 g/mol. The van der Waals surface area contributed by atoms with E-state index < -0.39 is 0 Å². The summed E-state index contributed by atoms with van der Waals surface area (Å²) in [7, 11) is 1.81. The van der Waals surface area contributed by atoms with Crippen LogP contribution in [0.25, 0.3) is 0 Å². The maximum Gasteiger partial charge on any atom is 0.222 e. The summed E-state index contributed by atoms with van der Waals surface area (Å²) in [4.78, 5) is 13.7. The molecule has 1 saturated heterocycles. The number of nitrogens with one attached hydrogen (secondary N) is 1. The maximum atomic E-state index is 11.9. The molecule has 0 bridgehead atoms. The van der Waals surface area contributed by atoms with Gasteiger partial charge in [0.2, 0.25) is 5.91 Å². The summed E-state index contributed by atoms with van der Waals surface area (Å²) >= 11 is 0. The number of aromatic nitrogens is 1. The summed E-state index contributed by atoms with van der Waals surface area (Å²) in [5.41, 5.74) is 0.808. The van der Waals surface area contributed by atoms with Crippen LogP contribution in [0.15, 0.2) is 10.6 Å². The topological polar surface area (TPSA) is 58.4 Å². The largest absolute Gasteiger partial charge is 0.361 e. The van der Waals surface area contributed by atoms with Gasteiger partial charge >= 0.3 is 0 Å². The van der Waals surface area contributed by atoms with Gasteiger partial charge in [-0.1, -0.05) is 5.16 Å². The molecule has 17 heavy (non-hydrogen) atoms. The van der Waals surface area contributed by atoms with E-state index in [1.54, 1.807) is 4.90 Å². The lowest BCUT2D eigenvalue weighted by atomic mass is 10.0. The summed E-state index contributed by atoms with van der Waals surface area (Å²) in [6, 6.07) is 1.86. The summed E-state index contributed by atoms with van der Waals surface area (Å²) in [5, 5.41) is 7.16. The van der Waals surface area contributed by atoms with Crippen molar-refractivity contribution in [2.24, 2.45) is 5.92 Å². The molecule has 0 aliphatic carbocycles. The first-order valence-corrected chi connectivity index (χ1v) is 6.02. The second-order valence-corrected chi connectivity index (χ2v) is 4.74. The van der Waals surface area contributed by atoms with Crippen LogP contribution in [0.1, 0.15) is 24.3 Å². The van der Waals surface area contributed by atoms with Crippen LogP contribution < -0.4 is 5.32 Å². The van der Waals surface area contributed by atoms with E-state index in [-0.39, 0.29) is 5.91 Å². The van der Waals surface area contributed by atoms with Crippen molar-refractivity contribution in [1.29, 1.82) is 0 Å². The van der Waals surface area contributed by atoms with E-state index in [1.807, 2.05) is 20.0 Å². The molecular formula is C12H19N3O2. The zero-order chi connectivity index (χ0) is 12.3. The van der Waals surface area contributed by atoms with E-state index in [4.69, 9.17) is 4.52 Å². The minimum atomic E-state index is 0.180. The number of carbonyl (C=O) groups is 1. The van der Waals surface area contributed by atoms with Gasteiger partial charge in [0.25, 0.3) is 0 Å². The Bertz CT molecular complexity index is 383. The number of rotatable bonds is 4. The molecule has 1 amide bonds. The third-order valence-electron chi connectivity index (χ3n) is 3.13. The third kappa shape index (κ3) is 3.30. The molecule has 1 aliphatic heterocycles. The van der Waals surface area contributed by atoms with Crippen molar-refractivity contribution in [1.82, 2.24) is 15.4 Å². The number of carbonyl (C=O) groups excluding carboxylic acids is 1. The van der Waals surface area contributed by atoms with Crippen molar-refractivity contribution in [3.63, 3.8) is 0 Å². The Morgan fingerprint density at radius 2 is 2.53 bits per heavy atom. The lowest BCUT2D eigenvalue weighted by Gasteiger charge is -2.17. The first-order valence-electron chi connectivity index (χ1n) is 6.02. The summed E-state index contributed by atoms with van der Waals surface area (Å²) in [6.07, 6.45) is 1.73. The van der Waals surface area contributed by atoms with Crippen molar-refractivity contribution < 1.29 is 9.32 Å². The SMILES string of the molecule is Cc1cc(CN(C)C(=O)CC2CCNC2)no1. The van der Waals surface area contributed by atoms with Gasteiger partial charge in [-0.15, -0.1) is 0 Å². The molecule has 1 aliphatic rings. The predicted molar refractivity (Wildman–Crippen MR) is 63.3 cm³/mol. The molecule has 0 radical (unpaired) electrons. The van der Waals surface area contributed by atoms with Gasteiger partial charge in [-0.25, -0.2) is 0 Å². The van der Waals surface area contributed by atoms with Crippen molar-refractivity contribution in [3.8, 4) is 0 Å². The summed E-state index contributed by atoms with van der Waals surface area (Å²) in [5.74, 6) is 1.45. The average molecular weight is 237 g/mol. The van der Waals surface area contributed by atoms with Crippen molar-refractivity contribution >= 4 is 5.91 Å². The molecule has 1 fully saturated rings. The zero-order valence-electron chi connectivity index (χ0n) is 10.4. The summed E-state index contributed by atoms with van der Waals surface area (Å²) in [6.45, 7) is 4.37. The first kappa shape index (κ1) is 12.1. The lowest BCUT2D eigenvalue weighted by molar-refractivity contribution is -0.131. The van der Waals surface area contributed by atoms with Crippen LogP contribution in [-0.4, -0.2) is 36.1 Å². The molecule has 1 aromatic heterocycles. The van der Waals surface area contributed by atoms with Crippen LogP contribution in [0.2, 0.25) is 0 Å². The molecular weight excluding hydrogens is 218 g/mol. The molecule has 5 nitrogen and oxygen atoms in total. The molecule has 0 aromatic carbocycles. The molecule has 2 rings (SSSR count).